The van der Waals surface area contributed by atoms with Crippen LogP contribution in [0.4, 0.5) is 11.6 Å². The molecule has 2 aromatic carbocycles. The number of imidazole rings is 1. The summed E-state index contributed by atoms with van der Waals surface area (Å²) in [5.74, 6) is -0.916. The molecule has 0 saturated carbocycles. The topological polar surface area (TPSA) is 102 Å². The number of anilines is 2. The van der Waals surface area contributed by atoms with Gasteiger partial charge in [0.2, 0.25) is 5.95 Å². The number of rotatable bonds is 6. The number of methoxy groups -OCH3 is 1. The number of hydrogen-bond donors (Lipinski definition) is 0. The lowest BCUT2D eigenvalue weighted by Crippen LogP contribution is -2.45. The van der Waals surface area contributed by atoms with E-state index in [-0.39, 0.29) is 23.9 Å². The summed E-state index contributed by atoms with van der Waals surface area (Å²) in [6, 6.07) is 11.1. The fraction of sp³-hybridized carbons (Fsp3) is 0.320. The van der Waals surface area contributed by atoms with Crippen molar-refractivity contribution in [2.24, 2.45) is 0 Å². The van der Waals surface area contributed by atoms with E-state index in [9.17, 15) is 18.0 Å². The maximum atomic E-state index is 14.1. The Labute approximate surface area is 238 Å². The van der Waals surface area contributed by atoms with Crippen molar-refractivity contribution in [3.8, 4) is 0 Å². The summed E-state index contributed by atoms with van der Waals surface area (Å²) in [5, 5.41) is 0.434. The molecule has 0 aliphatic carbocycles. The van der Waals surface area contributed by atoms with Crippen molar-refractivity contribution < 1.29 is 22.7 Å². The van der Waals surface area contributed by atoms with Crippen LogP contribution < -0.4 is 4.90 Å². The lowest BCUT2D eigenvalue weighted by Gasteiger charge is -2.28. The highest BCUT2D eigenvalue weighted by Gasteiger charge is 2.53. The third-order valence-electron chi connectivity index (χ3n) is 6.89. The van der Waals surface area contributed by atoms with Crippen LogP contribution in [0.5, 0.6) is 0 Å². The molecule has 2 unspecified atom stereocenters. The molecule has 9 nitrogen and oxygen atoms in total. The number of aromatic nitrogens is 2. The molecule has 0 spiro atoms. The van der Waals surface area contributed by atoms with Gasteiger partial charge in [0.15, 0.2) is 5.03 Å². The van der Waals surface area contributed by atoms with Gasteiger partial charge in [-0.3, -0.25) is 14.2 Å². The molecule has 3 aromatic rings. The van der Waals surface area contributed by atoms with E-state index in [1.165, 1.54) is 28.8 Å². The Balaban J connectivity index is 1.69. The number of fused-ring (bicyclic) bond motifs is 1. The first-order chi connectivity index (χ1) is 18.0. The Morgan fingerprint density at radius 2 is 1.84 bits per heavy atom. The fourth-order valence-corrected chi connectivity index (χ4v) is 7.75. The highest BCUT2D eigenvalue weighted by molar-refractivity contribution is 9.10. The molecule has 13 heteroatoms. The molecule has 1 amide bonds. The predicted molar refractivity (Wildman–Crippen MR) is 146 cm³/mol. The first-order valence-electron chi connectivity index (χ1n) is 11.7. The smallest absolute Gasteiger partial charge is 0.324 e. The summed E-state index contributed by atoms with van der Waals surface area (Å²) in [4.78, 5) is 32.3. The molecule has 5 rings (SSSR count). The molecule has 3 heterocycles. The number of esters is 1. The fourth-order valence-electron chi connectivity index (χ4n) is 5.13. The number of carbonyl (C=O) groups excluding carboxylic acids is 2. The maximum absolute atomic E-state index is 14.1. The van der Waals surface area contributed by atoms with Crippen molar-refractivity contribution in [3.05, 3.63) is 68.7 Å². The van der Waals surface area contributed by atoms with Crippen LogP contribution >= 0.6 is 39.1 Å². The van der Waals surface area contributed by atoms with Gasteiger partial charge in [-0.25, -0.2) is 18.3 Å². The van der Waals surface area contributed by atoms with Crippen LogP contribution in [0.15, 0.2) is 58.2 Å². The molecule has 1 aromatic heterocycles. The molecular weight excluding hydrogens is 619 g/mol. The summed E-state index contributed by atoms with van der Waals surface area (Å²) < 4.78 is 36.3. The average Bonchev–Trinajstić information content (AvgIpc) is 3.57. The van der Waals surface area contributed by atoms with Crippen molar-refractivity contribution in [2.45, 2.75) is 42.8 Å². The summed E-state index contributed by atoms with van der Waals surface area (Å²) >= 11 is 15.9. The van der Waals surface area contributed by atoms with Crippen LogP contribution in [0, 0.1) is 0 Å². The Bertz CT molecular complexity index is 1530. The van der Waals surface area contributed by atoms with Crippen LogP contribution in [0.3, 0.4) is 0 Å². The molecular formula is C25H23BrCl2N4O5S. The summed E-state index contributed by atoms with van der Waals surface area (Å²) in [5.41, 5.74) is -0.208. The number of benzene rings is 2. The number of ether oxygens (including phenoxy) is 1. The van der Waals surface area contributed by atoms with E-state index in [0.717, 1.165) is 14.3 Å². The van der Waals surface area contributed by atoms with Crippen LogP contribution in [0.2, 0.25) is 10.0 Å². The Hall–Kier alpha value is -2.44. The maximum Gasteiger partial charge on any atom is 0.324 e. The molecule has 1 fully saturated rings. The zero-order chi connectivity index (χ0) is 27.4. The van der Waals surface area contributed by atoms with E-state index in [1.807, 2.05) is 24.3 Å². The van der Waals surface area contributed by atoms with Crippen LogP contribution in [-0.2, 0) is 36.3 Å². The minimum atomic E-state index is -4.25. The number of nitrogens with zero attached hydrogens (tertiary/aromatic N) is 4. The van der Waals surface area contributed by atoms with Gasteiger partial charge >= 0.3 is 5.97 Å². The van der Waals surface area contributed by atoms with Crippen LogP contribution in [0.25, 0.3) is 0 Å². The molecule has 1 saturated heterocycles. The first-order valence-corrected chi connectivity index (χ1v) is 14.7. The zero-order valence-electron chi connectivity index (χ0n) is 20.4. The first kappa shape index (κ1) is 27.1. The van der Waals surface area contributed by atoms with Gasteiger partial charge in [0, 0.05) is 27.5 Å². The molecule has 2 aliphatic heterocycles. The van der Waals surface area contributed by atoms with E-state index < -0.39 is 33.5 Å². The Morgan fingerprint density at radius 1 is 1.18 bits per heavy atom. The SMILES string of the molecule is COC(=O)C1CCCN1S(=O)(=O)c1cnc2n1C(C)(Cc1ccc(Br)cc1)C(=O)N2c1cc(Cl)cc(Cl)c1. The summed E-state index contributed by atoms with van der Waals surface area (Å²) in [7, 11) is -3.02. The van der Waals surface area contributed by atoms with Crippen molar-refractivity contribution >= 4 is 72.7 Å². The van der Waals surface area contributed by atoms with Crippen molar-refractivity contribution in [3.63, 3.8) is 0 Å². The highest BCUT2D eigenvalue weighted by Crippen LogP contribution is 2.45. The van der Waals surface area contributed by atoms with E-state index in [0.29, 0.717) is 28.6 Å². The predicted octanol–water partition coefficient (Wildman–Crippen LogP) is 4.91. The zero-order valence-corrected chi connectivity index (χ0v) is 24.3. The largest absolute Gasteiger partial charge is 0.468 e. The highest BCUT2D eigenvalue weighted by atomic mass is 79.9. The third kappa shape index (κ3) is 4.44. The Kier molecular flexibility index (Phi) is 7.10. The van der Waals surface area contributed by atoms with Crippen molar-refractivity contribution in [1.29, 1.82) is 0 Å². The lowest BCUT2D eigenvalue weighted by atomic mass is 9.92. The van der Waals surface area contributed by atoms with E-state index in [1.54, 1.807) is 19.1 Å². The van der Waals surface area contributed by atoms with E-state index in [2.05, 4.69) is 20.9 Å². The van der Waals surface area contributed by atoms with Gasteiger partial charge in [0.1, 0.15) is 11.6 Å². The monoisotopic (exact) mass is 640 g/mol. The standard InChI is InChI=1S/C25H23BrCl2N4O5S/c1-25(13-15-5-7-16(26)8-6-15)23(34)31(19-11-17(27)10-18(28)12-19)24-29-14-21(32(24)25)38(35,36)30-9-3-4-20(30)22(33)37-2/h5-8,10-12,14,20H,3-4,9,13H2,1-2H3. The van der Waals surface area contributed by atoms with E-state index in [4.69, 9.17) is 27.9 Å². The second-order valence-electron chi connectivity index (χ2n) is 9.37. The molecule has 2 aliphatic rings. The van der Waals surface area contributed by atoms with Crippen molar-refractivity contribution in [2.75, 3.05) is 18.6 Å². The molecule has 200 valence electrons. The lowest BCUT2D eigenvalue weighted by molar-refractivity contribution is -0.144. The molecule has 38 heavy (non-hydrogen) atoms. The van der Waals surface area contributed by atoms with Crippen molar-refractivity contribution in [1.82, 2.24) is 13.9 Å². The summed E-state index contributed by atoms with van der Waals surface area (Å²) in [6.45, 7) is 1.82. The number of hydrogen-bond acceptors (Lipinski definition) is 6. The van der Waals surface area contributed by atoms with Crippen LogP contribution in [0.1, 0.15) is 25.3 Å². The van der Waals surface area contributed by atoms with Gasteiger partial charge in [0.05, 0.1) is 19.0 Å². The quantitative estimate of drug-likeness (QED) is 0.354. The minimum absolute atomic E-state index is 0.111. The second-order valence-corrected chi connectivity index (χ2v) is 13.0. The van der Waals surface area contributed by atoms with Gasteiger partial charge in [-0.05, 0) is 55.7 Å². The average molecular weight is 642 g/mol. The number of sulfonamides is 1. The van der Waals surface area contributed by atoms with Gasteiger partial charge in [0.25, 0.3) is 15.9 Å². The van der Waals surface area contributed by atoms with E-state index >= 15 is 0 Å². The second kappa shape index (κ2) is 9.95. The van der Waals surface area contributed by atoms with Crippen LogP contribution in [-0.4, -0.2) is 53.8 Å². The normalized spacial score (nSPS) is 21.7. The van der Waals surface area contributed by atoms with Gasteiger partial charge in [-0.1, -0.05) is 51.3 Å². The van der Waals surface area contributed by atoms with Gasteiger partial charge in [-0.15, -0.1) is 0 Å². The summed E-state index contributed by atoms with van der Waals surface area (Å²) in [6.07, 6.45) is 2.25. The third-order valence-corrected chi connectivity index (χ3v) is 9.72. The van der Waals surface area contributed by atoms with Gasteiger partial charge < -0.3 is 4.74 Å². The van der Waals surface area contributed by atoms with Gasteiger partial charge in [-0.2, -0.15) is 4.31 Å². The number of carbonyl (C=O) groups is 2. The molecule has 0 N–H and O–H groups in total. The minimum Gasteiger partial charge on any atom is -0.468 e. The molecule has 0 radical (unpaired) electrons. The molecule has 0 bridgehead atoms. The number of amides is 1. The number of halogens is 3. The molecule has 2 atom stereocenters. The Morgan fingerprint density at radius 3 is 2.47 bits per heavy atom.